The molecule has 0 bridgehead atoms. The van der Waals surface area contributed by atoms with E-state index in [1.54, 1.807) is 44.4 Å². The van der Waals surface area contributed by atoms with E-state index in [2.05, 4.69) is 183 Å². The second-order valence-corrected chi connectivity index (χ2v) is 42.8. The van der Waals surface area contributed by atoms with Gasteiger partial charge in [0.25, 0.3) is 0 Å². The molecule has 3 aromatic rings. The Morgan fingerprint density at radius 1 is 0.673 bits per heavy atom. The van der Waals surface area contributed by atoms with Crippen LogP contribution in [0.4, 0.5) is 0 Å². The summed E-state index contributed by atoms with van der Waals surface area (Å²) in [6, 6.07) is 28.0. The maximum atomic E-state index is 2.75. The number of aryl methyl sites for hydroxylation is 1. The Labute approximate surface area is 343 Å². The predicted molar refractivity (Wildman–Crippen MR) is 231 cm³/mol. The first-order chi connectivity index (χ1) is 23.2. The summed E-state index contributed by atoms with van der Waals surface area (Å²) < 4.78 is 3.34. The standard InChI is InChI=1S/C32H49Si4.C13H10.2ClH.Zr/c1-22-19-24-21-25-28(27(24)26(20-22)33(3,4)5)30(34(6,7)8)31(35(9,10)11)32(2,36(12,13)14)29(25)23-17-15-16-18-23;1-3-7-12(8-4-1)11-13-9-5-2-6-10-13;;;/h15-17,19-20H,18H2,1-14H3;1-10H;2*1H;/q;;;;+2/p-2. The van der Waals surface area contributed by atoms with Crippen molar-refractivity contribution in [2.45, 2.75) is 104 Å². The largest absolute Gasteiger partial charge is 1.00 e. The van der Waals surface area contributed by atoms with Crippen LogP contribution in [0.1, 0.15) is 30.0 Å². The van der Waals surface area contributed by atoms with Gasteiger partial charge in [0.15, 0.2) is 0 Å². The molecule has 3 aliphatic carbocycles. The fraction of sp³-hybridized carbons (Fsp3) is 0.356. The number of rotatable bonds is 8. The molecule has 7 heteroatoms. The fourth-order valence-electron chi connectivity index (χ4n) is 8.99. The molecule has 52 heavy (non-hydrogen) atoms. The van der Waals surface area contributed by atoms with Crippen LogP contribution in [0, 0.1) is 6.92 Å². The number of hydrogen-bond donors (Lipinski definition) is 0. The first-order valence-electron chi connectivity index (χ1n) is 18.7. The van der Waals surface area contributed by atoms with Crippen LogP contribution in [0.25, 0.3) is 8.85 Å². The van der Waals surface area contributed by atoms with E-state index in [0.717, 1.165) is 6.42 Å². The van der Waals surface area contributed by atoms with Crippen LogP contribution in [-0.4, -0.2) is 35.5 Å². The first kappa shape index (κ1) is 43.3. The Kier molecular flexibility index (Phi) is 12.7. The quantitative estimate of drug-likeness (QED) is 0.293. The zero-order chi connectivity index (χ0) is 36.6. The average Bonchev–Trinajstić information content (AvgIpc) is 3.64. The Bertz CT molecular complexity index is 2120. The van der Waals surface area contributed by atoms with Crippen molar-refractivity contribution in [2.75, 3.05) is 0 Å². The van der Waals surface area contributed by atoms with Gasteiger partial charge in [-0.15, -0.1) is 0 Å². The van der Waals surface area contributed by atoms with Gasteiger partial charge in [-0.05, 0) is 0 Å². The van der Waals surface area contributed by atoms with Crippen molar-refractivity contribution in [1.82, 2.24) is 0 Å². The summed E-state index contributed by atoms with van der Waals surface area (Å²) in [5.74, 6) is 0. The van der Waals surface area contributed by atoms with Gasteiger partial charge in [-0.3, -0.25) is 0 Å². The third-order valence-electron chi connectivity index (χ3n) is 11.3. The van der Waals surface area contributed by atoms with Crippen molar-refractivity contribution >= 4 is 49.5 Å². The maximum Gasteiger partial charge on any atom is -1.00 e. The minimum absolute atomic E-state index is 0. The molecule has 0 aliphatic heterocycles. The summed E-state index contributed by atoms with van der Waals surface area (Å²) in [5.41, 5.74) is 10.9. The Morgan fingerprint density at radius 3 is 1.63 bits per heavy atom. The second kappa shape index (κ2) is 15.2. The molecule has 1 unspecified atom stereocenters. The number of halogens is 2. The molecule has 273 valence electrons. The molecule has 3 aliphatic rings. The molecule has 3 aromatic carbocycles. The van der Waals surface area contributed by atoms with Crippen molar-refractivity contribution in [1.29, 1.82) is 0 Å². The van der Waals surface area contributed by atoms with Gasteiger partial charge in [-0.25, -0.2) is 0 Å². The van der Waals surface area contributed by atoms with Crippen LogP contribution in [0.3, 0.4) is 0 Å². The molecule has 0 amide bonds. The van der Waals surface area contributed by atoms with Crippen LogP contribution in [0.5, 0.6) is 0 Å². The van der Waals surface area contributed by atoms with Crippen molar-refractivity contribution in [3.63, 3.8) is 0 Å². The molecule has 0 nitrogen and oxygen atoms in total. The van der Waals surface area contributed by atoms with Crippen molar-refractivity contribution in [3.8, 4) is 0 Å². The van der Waals surface area contributed by atoms with Crippen molar-refractivity contribution < 1.29 is 47.6 Å². The van der Waals surface area contributed by atoms with Crippen LogP contribution >= 0.6 is 0 Å². The Balaban J connectivity index is 0.00000302. The molecule has 0 N–H and O–H groups in total. The molecule has 6 rings (SSSR count). The summed E-state index contributed by atoms with van der Waals surface area (Å²) in [6.45, 7) is 37.0. The van der Waals surface area contributed by atoms with Gasteiger partial charge in [0.2, 0.25) is 0 Å². The smallest absolute Gasteiger partial charge is 1.00 e. The molecule has 0 spiro atoms. The summed E-state index contributed by atoms with van der Waals surface area (Å²) in [5, 5.41) is 8.72. The second-order valence-electron chi connectivity index (χ2n) is 19.2. The van der Waals surface area contributed by atoms with E-state index >= 15 is 0 Å². The van der Waals surface area contributed by atoms with Crippen LogP contribution in [0.2, 0.25) is 83.6 Å². The van der Waals surface area contributed by atoms with Gasteiger partial charge < -0.3 is 24.8 Å². The van der Waals surface area contributed by atoms with Gasteiger partial charge in [-0.2, -0.15) is 0 Å². The van der Waals surface area contributed by atoms with E-state index in [4.69, 9.17) is 0 Å². The van der Waals surface area contributed by atoms with Crippen LogP contribution in [-0.2, 0) is 22.8 Å². The van der Waals surface area contributed by atoms with Gasteiger partial charge in [-0.1, -0.05) is 0 Å². The summed E-state index contributed by atoms with van der Waals surface area (Å²) in [7, 11) is -7.29. The molecule has 0 saturated heterocycles. The minimum atomic E-state index is -1.87. The average molecular weight is 874 g/mol. The first-order valence-corrected chi connectivity index (χ1v) is 35.2. The SMILES string of the molecule is Cc1cc([Si](C)(C)C)c2c(c1)=[C]([Zr+2]=[C](c1ccccc1)c1ccccc1)C1=C(C3=CC=CC3)C(C)([Si](C)(C)C)C([Si](C)(C)C)=C([Si](C)(C)C)C=21.[Cl-].[Cl-]. The van der Waals surface area contributed by atoms with E-state index in [-0.39, 0.29) is 29.9 Å². The zero-order valence-electron chi connectivity index (χ0n) is 34.1. The van der Waals surface area contributed by atoms with Gasteiger partial charge >= 0.3 is 321 Å². The van der Waals surface area contributed by atoms with E-state index in [1.807, 2.05) is 10.4 Å². The fourth-order valence-corrected chi connectivity index (χ4v) is 25.6. The number of benzene rings is 3. The maximum absolute atomic E-state index is 2.75. The third kappa shape index (κ3) is 7.56. The normalized spacial score (nSPS) is 18.8. The molecule has 0 aromatic heterocycles. The number of allylic oxidation sites excluding steroid dienone is 8. The zero-order valence-corrected chi connectivity index (χ0v) is 42.1. The van der Waals surface area contributed by atoms with Crippen molar-refractivity contribution in [3.05, 3.63) is 145 Å². The topological polar surface area (TPSA) is 0 Å². The summed E-state index contributed by atoms with van der Waals surface area (Å²) in [4.78, 5) is 0. The monoisotopic (exact) mass is 871 g/mol. The predicted octanol–water partition coefficient (Wildman–Crippen LogP) is 4.52. The van der Waals surface area contributed by atoms with Gasteiger partial charge in [0, 0.05) is 0 Å². The molecular weight excluding hydrogens is 815 g/mol. The van der Waals surface area contributed by atoms with E-state index in [1.165, 1.54) is 16.7 Å². The molecular formula is C45H59Cl2Si4Zr. The van der Waals surface area contributed by atoms with Gasteiger partial charge in [0.05, 0.1) is 0 Å². The summed E-state index contributed by atoms with van der Waals surface area (Å²) >= 11 is -1.39. The molecule has 0 radical (unpaired) electrons. The van der Waals surface area contributed by atoms with E-state index in [9.17, 15) is 0 Å². The Hall–Kier alpha value is -1.44. The molecule has 1 atom stereocenters. The molecule has 0 saturated carbocycles. The summed E-state index contributed by atoms with van der Waals surface area (Å²) in [6.07, 6.45) is 8.33. The minimum Gasteiger partial charge on any atom is -1.00 e. The Morgan fingerprint density at radius 2 is 1.21 bits per heavy atom. The number of hydrogen-bond acceptors (Lipinski definition) is 0. The van der Waals surface area contributed by atoms with Crippen molar-refractivity contribution in [2.24, 2.45) is 0 Å². The third-order valence-corrected chi connectivity index (χ3v) is 25.5. The van der Waals surface area contributed by atoms with Gasteiger partial charge in [0.1, 0.15) is 0 Å². The molecule has 0 fully saturated rings. The van der Waals surface area contributed by atoms with Crippen LogP contribution < -0.4 is 40.4 Å². The van der Waals surface area contributed by atoms with E-state index in [0.29, 0.717) is 0 Å². The van der Waals surface area contributed by atoms with E-state index < -0.39 is 55.0 Å². The molecule has 0 heterocycles. The number of fused-ring (bicyclic) bond motifs is 2. The van der Waals surface area contributed by atoms with Crippen LogP contribution in [0.15, 0.2) is 118 Å².